The van der Waals surface area contributed by atoms with Crippen molar-refractivity contribution in [1.29, 1.82) is 0 Å². The molecule has 1 aromatic rings. The summed E-state index contributed by atoms with van der Waals surface area (Å²) < 4.78 is 14.7. The van der Waals surface area contributed by atoms with Crippen LogP contribution < -0.4 is 5.19 Å². The first-order valence-electron chi connectivity index (χ1n) is 6.27. The first kappa shape index (κ1) is 16.9. The van der Waals surface area contributed by atoms with Crippen molar-refractivity contribution in [1.82, 2.24) is 0 Å². The van der Waals surface area contributed by atoms with Gasteiger partial charge < -0.3 is 8.85 Å². The molecule has 0 aromatic heterocycles. The molecule has 18 heavy (non-hydrogen) atoms. The highest BCUT2D eigenvalue weighted by Gasteiger charge is 2.36. The Balaban J connectivity index is 3.03. The molecule has 0 aliphatic heterocycles. The highest BCUT2D eigenvalue weighted by Crippen LogP contribution is 2.16. The Morgan fingerprint density at radius 2 is 1.61 bits per heavy atom. The lowest BCUT2D eigenvalue weighted by molar-refractivity contribution is 0.185. The second-order valence-corrected chi connectivity index (χ2v) is 9.68. The van der Waals surface area contributed by atoms with Crippen LogP contribution in [0.25, 0.3) is 0 Å². The summed E-state index contributed by atoms with van der Waals surface area (Å²) in [5.74, 6) is 0. The molecule has 0 fully saturated rings. The molecule has 1 rings (SSSR count). The highest BCUT2D eigenvalue weighted by atomic mass is 127. The van der Waals surface area contributed by atoms with E-state index in [4.69, 9.17) is 8.85 Å². The summed E-state index contributed by atoms with van der Waals surface area (Å²) in [6.45, 7) is 7.97. The fourth-order valence-corrected chi connectivity index (χ4v) is 6.74. The fourth-order valence-electron chi connectivity index (χ4n) is 1.64. The minimum absolute atomic E-state index is 0.772. The predicted molar refractivity (Wildman–Crippen MR) is 95.6 cm³/mol. The summed E-state index contributed by atoms with van der Waals surface area (Å²) in [4.78, 5) is 0. The minimum atomic E-state index is -2.26. The molecule has 1 aromatic carbocycles. The molecule has 2 nitrogen and oxygen atoms in total. The molecule has 0 unspecified atom stereocenters. The third kappa shape index (κ3) is 4.73. The number of halogens is 2. The van der Waals surface area contributed by atoms with Crippen LogP contribution in [0, 0.1) is 7.14 Å². The van der Waals surface area contributed by atoms with Crippen LogP contribution in [-0.2, 0) is 8.85 Å². The van der Waals surface area contributed by atoms with Crippen LogP contribution in [0.5, 0.6) is 0 Å². The number of hydrogen-bond donors (Lipinski definition) is 0. The lowest BCUT2D eigenvalue weighted by Crippen LogP contribution is -2.52. The van der Waals surface area contributed by atoms with Gasteiger partial charge >= 0.3 is 8.56 Å². The number of rotatable bonds is 7. The van der Waals surface area contributed by atoms with Gasteiger partial charge in [0.1, 0.15) is 0 Å². The van der Waals surface area contributed by atoms with Crippen molar-refractivity contribution in [2.75, 3.05) is 13.2 Å². The zero-order valence-electron chi connectivity index (χ0n) is 11.1. The van der Waals surface area contributed by atoms with Crippen molar-refractivity contribution in [3.63, 3.8) is 0 Å². The lowest BCUT2D eigenvalue weighted by Gasteiger charge is -2.28. The van der Waals surface area contributed by atoms with Crippen LogP contribution in [0.4, 0.5) is 0 Å². The molecule has 0 saturated heterocycles. The van der Waals surface area contributed by atoms with E-state index in [0.717, 1.165) is 26.1 Å². The van der Waals surface area contributed by atoms with Crippen molar-refractivity contribution in [2.24, 2.45) is 0 Å². The Bertz CT molecular complexity index is 377. The van der Waals surface area contributed by atoms with E-state index in [9.17, 15) is 0 Å². The Morgan fingerprint density at radius 1 is 1.06 bits per heavy atom. The molecule has 0 radical (unpaired) electrons. The zero-order valence-corrected chi connectivity index (χ0v) is 16.4. The molecule has 0 aliphatic carbocycles. The predicted octanol–water partition coefficient (Wildman–Crippen LogP) is 4.03. The van der Waals surface area contributed by atoms with Gasteiger partial charge in [0, 0.05) is 25.5 Å². The topological polar surface area (TPSA) is 18.5 Å². The molecule has 5 heteroatoms. The third-order valence-corrected chi connectivity index (χ3v) is 7.60. The van der Waals surface area contributed by atoms with Crippen LogP contribution in [0.2, 0.25) is 6.55 Å². The highest BCUT2D eigenvalue weighted by molar-refractivity contribution is 14.1. The summed E-state index contributed by atoms with van der Waals surface area (Å²) in [5.41, 5.74) is 0. The SMILES string of the molecule is CCCO[Si](C)(OCCC)c1cc(I)ccc1I. The maximum atomic E-state index is 6.11. The van der Waals surface area contributed by atoms with E-state index in [1.165, 1.54) is 12.3 Å². The smallest absolute Gasteiger partial charge is 0.370 e. The summed E-state index contributed by atoms with van der Waals surface area (Å²) in [6.07, 6.45) is 2.05. The molecule has 0 saturated carbocycles. The van der Waals surface area contributed by atoms with E-state index in [1.807, 2.05) is 0 Å². The summed E-state index contributed by atoms with van der Waals surface area (Å²) in [7, 11) is -2.26. The second kappa shape index (κ2) is 8.18. The maximum Gasteiger partial charge on any atom is 0.370 e. The fraction of sp³-hybridized carbons (Fsp3) is 0.538. The van der Waals surface area contributed by atoms with E-state index in [-0.39, 0.29) is 0 Å². The van der Waals surface area contributed by atoms with Crippen LogP contribution in [0.3, 0.4) is 0 Å². The van der Waals surface area contributed by atoms with E-state index in [0.29, 0.717) is 0 Å². The lowest BCUT2D eigenvalue weighted by atomic mass is 10.4. The molecule has 0 spiro atoms. The number of hydrogen-bond acceptors (Lipinski definition) is 2. The Labute approximate surface area is 138 Å². The molecular formula is C13H20I2O2Si. The monoisotopic (exact) mass is 490 g/mol. The van der Waals surface area contributed by atoms with Gasteiger partial charge in [0.15, 0.2) is 0 Å². The minimum Gasteiger partial charge on any atom is -0.391 e. The second-order valence-electron chi connectivity index (χ2n) is 4.27. The molecule has 0 bridgehead atoms. The zero-order chi connectivity index (χ0) is 13.6. The van der Waals surface area contributed by atoms with Crippen molar-refractivity contribution in [2.45, 2.75) is 33.2 Å². The van der Waals surface area contributed by atoms with Crippen molar-refractivity contribution >= 4 is 58.9 Å². The van der Waals surface area contributed by atoms with E-state index < -0.39 is 8.56 Å². The summed E-state index contributed by atoms with van der Waals surface area (Å²) in [6, 6.07) is 6.48. The van der Waals surface area contributed by atoms with Crippen LogP contribution in [-0.4, -0.2) is 21.8 Å². The summed E-state index contributed by atoms with van der Waals surface area (Å²) in [5, 5.41) is 1.26. The molecular weight excluding hydrogens is 470 g/mol. The first-order valence-corrected chi connectivity index (χ1v) is 10.7. The van der Waals surface area contributed by atoms with Gasteiger partial charge in [0.25, 0.3) is 0 Å². The van der Waals surface area contributed by atoms with Crippen LogP contribution in [0.1, 0.15) is 26.7 Å². The van der Waals surface area contributed by atoms with Crippen LogP contribution in [0.15, 0.2) is 18.2 Å². The molecule has 0 atom stereocenters. The van der Waals surface area contributed by atoms with Crippen molar-refractivity contribution in [3.05, 3.63) is 25.3 Å². The average Bonchev–Trinajstić information content (AvgIpc) is 2.37. The van der Waals surface area contributed by atoms with Crippen molar-refractivity contribution in [3.8, 4) is 0 Å². The molecule has 0 amide bonds. The van der Waals surface area contributed by atoms with Gasteiger partial charge in [-0.3, -0.25) is 0 Å². The number of benzene rings is 1. The molecule has 0 N–H and O–H groups in total. The van der Waals surface area contributed by atoms with Gasteiger partial charge in [-0.25, -0.2) is 0 Å². The van der Waals surface area contributed by atoms with Gasteiger partial charge in [0.2, 0.25) is 0 Å². The Morgan fingerprint density at radius 3 is 2.11 bits per heavy atom. The van der Waals surface area contributed by atoms with Crippen LogP contribution >= 0.6 is 45.2 Å². The van der Waals surface area contributed by atoms with E-state index >= 15 is 0 Å². The van der Waals surface area contributed by atoms with Gasteiger partial charge in [-0.05, 0) is 82.8 Å². The average molecular weight is 490 g/mol. The third-order valence-electron chi connectivity index (χ3n) is 2.58. The van der Waals surface area contributed by atoms with Gasteiger partial charge in [-0.15, -0.1) is 0 Å². The maximum absolute atomic E-state index is 6.11. The normalized spacial score (nSPS) is 11.8. The van der Waals surface area contributed by atoms with Crippen molar-refractivity contribution < 1.29 is 8.85 Å². The summed E-state index contributed by atoms with van der Waals surface area (Å²) >= 11 is 4.72. The van der Waals surface area contributed by atoms with Gasteiger partial charge in [-0.2, -0.15) is 0 Å². The van der Waals surface area contributed by atoms with Gasteiger partial charge in [0.05, 0.1) is 0 Å². The van der Waals surface area contributed by atoms with Gasteiger partial charge in [-0.1, -0.05) is 13.8 Å². The van der Waals surface area contributed by atoms with E-state index in [2.05, 4.69) is 83.8 Å². The quantitative estimate of drug-likeness (QED) is 0.425. The Hall–Kier alpha value is 0.817. The molecule has 102 valence electrons. The molecule has 0 aliphatic rings. The standard InChI is InChI=1S/C13H20I2O2Si/c1-4-8-16-18(3,17-9-5-2)13-10-11(14)6-7-12(13)15/h6-7,10H,4-5,8-9H2,1-3H3. The van der Waals surface area contributed by atoms with E-state index in [1.54, 1.807) is 0 Å². The Kier molecular flexibility index (Phi) is 7.67. The first-order chi connectivity index (χ1) is 8.53. The largest absolute Gasteiger partial charge is 0.391 e. The molecule has 0 heterocycles.